The van der Waals surface area contributed by atoms with Crippen LogP contribution in [-0.4, -0.2) is 18.0 Å². The summed E-state index contributed by atoms with van der Waals surface area (Å²) in [5.74, 6) is -0.498. The Morgan fingerprint density at radius 2 is 2.13 bits per heavy atom. The van der Waals surface area contributed by atoms with Gasteiger partial charge in [-0.1, -0.05) is 18.2 Å². The molecule has 1 N–H and O–H groups in total. The van der Waals surface area contributed by atoms with E-state index in [1.54, 1.807) is 24.3 Å². The van der Waals surface area contributed by atoms with Crippen LogP contribution in [0.15, 0.2) is 24.3 Å². The molecule has 0 aliphatic rings. The van der Waals surface area contributed by atoms with E-state index in [1.165, 1.54) is 7.11 Å². The van der Waals surface area contributed by atoms with Gasteiger partial charge in [0.25, 0.3) is 0 Å². The number of esters is 1. The highest BCUT2D eigenvalue weighted by Crippen LogP contribution is 2.20. The van der Waals surface area contributed by atoms with Gasteiger partial charge in [-0.05, 0) is 11.6 Å². The summed E-state index contributed by atoms with van der Waals surface area (Å²) in [6, 6.07) is 6.57. The second-order valence-electron chi connectivity index (χ2n) is 2.66. The van der Waals surface area contributed by atoms with Crippen molar-refractivity contribution in [2.75, 3.05) is 7.11 Å². The topological polar surface area (TPSA) is 72.8 Å². The van der Waals surface area contributed by atoms with Gasteiger partial charge in [-0.25, -0.2) is 4.79 Å². The molecule has 0 bridgehead atoms. The maximum Gasteiger partial charge on any atom is 0.695 e. The molecule has 0 aliphatic heterocycles. The van der Waals surface area contributed by atoms with Crippen molar-refractivity contribution < 1.29 is 23.5 Å². The second-order valence-corrected chi connectivity index (χ2v) is 3.39. The third kappa shape index (κ3) is 3.40. The molecule has 1 atom stereocenters. The molecule has 0 fully saturated rings. The normalized spacial score (nSPS) is 10.9. The van der Waals surface area contributed by atoms with E-state index < -0.39 is 14.2 Å². The minimum atomic E-state index is -2.66. The molecule has 0 aromatic heterocycles. The SMILES string of the molecule is COC(=O)c1ccccc1CO[P+](=O)O. The van der Waals surface area contributed by atoms with Crippen LogP contribution in [0, 0.1) is 0 Å². The average molecular weight is 229 g/mol. The molecule has 0 saturated heterocycles. The Labute approximate surface area is 87.6 Å². The van der Waals surface area contributed by atoms with Crippen LogP contribution < -0.4 is 0 Å². The highest BCUT2D eigenvalue weighted by molar-refractivity contribution is 7.32. The number of carbonyl (C=O) groups is 1. The third-order valence-corrected chi connectivity index (χ3v) is 2.10. The van der Waals surface area contributed by atoms with E-state index in [9.17, 15) is 9.36 Å². The quantitative estimate of drug-likeness (QED) is 0.627. The number of methoxy groups -OCH3 is 1. The first kappa shape index (κ1) is 11.8. The zero-order valence-corrected chi connectivity index (χ0v) is 8.94. The van der Waals surface area contributed by atoms with E-state index in [2.05, 4.69) is 9.26 Å². The van der Waals surface area contributed by atoms with Crippen LogP contribution in [0.25, 0.3) is 0 Å². The highest BCUT2D eigenvalue weighted by Gasteiger charge is 2.16. The van der Waals surface area contributed by atoms with Gasteiger partial charge in [0.2, 0.25) is 0 Å². The molecule has 6 heteroatoms. The van der Waals surface area contributed by atoms with E-state index in [1.807, 2.05) is 0 Å². The van der Waals surface area contributed by atoms with Crippen molar-refractivity contribution in [3.05, 3.63) is 35.4 Å². The number of rotatable bonds is 4. The van der Waals surface area contributed by atoms with E-state index in [-0.39, 0.29) is 6.61 Å². The number of benzene rings is 1. The van der Waals surface area contributed by atoms with Gasteiger partial charge in [-0.15, -0.1) is 9.42 Å². The fourth-order valence-electron chi connectivity index (χ4n) is 1.08. The zero-order chi connectivity index (χ0) is 11.3. The lowest BCUT2D eigenvalue weighted by molar-refractivity contribution is 0.0597. The maximum absolute atomic E-state index is 11.3. The number of hydrogen-bond acceptors (Lipinski definition) is 4. The van der Waals surface area contributed by atoms with Gasteiger partial charge < -0.3 is 4.74 Å². The van der Waals surface area contributed by atoms with Crippen molar-refractivity contribution in [3.63, 3.8) is 0 Å². The Bertz CT molecular complexity index is 377. The Morgan fingerprint density at radius 3 is 2.73 bits per heavy atom. The van der Waals surface area contributed by atoms with Crippen molar-refractivity contribution in [2.45, 2.75) is 6.61 Å². The van der Waals surface area contributed by atoms with Crippen molar-refractivity contribution in [1.82, 2.24) is 0 Å². The smallest absolute Gasteiger partial charge is 0.465 e. The molecule has 0 heterocycles. The van der Waals surface area contributed by atoms with Crippen LogP contribution >= 0.6 is 8.25 Å². The van der Waals surface area contributed by atoms with Crippen LogP contribution in [0.5, 0.6) is 0 Å². The number of ether oxygens (including phenoxy) is 1. The van der Waals surface area contributed by atoms with Crippen LogP contribution in [-0.2, 0) is 20.4 Å². The van der Waals surface area contributed by atoms with Crippen molar-refractivity contribution in [1.29, 1.82) is 0 Å². The van der Waals surface area contributed by atoms with Gasteiger partial charge in [0.05, 0.1) is 12.7 Å². The Morgan fingerprint density at radius 1 is 1.47 bits per heavy atom. The van der Waals surface area contributed by atoms with Crippen LogP contribution in [0.1, 0.15) is 15.9 Å². The first-order valence-corrected chi connectivity index (χ1v) is 5.23. The van der Waals surface area contributed by atoms with Gasteiger partial charge in [-0.3, -0.25) is 0 Å². The summed E-state index contributed by atoms with van der Waals surface area (Å²) in [6.07, 6.45) is 0. The van der Waals surface area contributed by atoms with Crippen LogP contribution in [0.4, 0.5) is 0 Å². The van der Waals surface area contributed by atoms with Crippen molar-refractivity contribution in [3.8, 4) is 0 Å². The second kappa shape index (κ2) is 5.56. The van der Waals surface area contributed by atoms with Crippen molar-refractivity contribution >= 4 is 14.2 Å². The molecule has 1 aromatic carbocycles. The Balaban J connectivity index is 2.86. The summed E-state index contributed by atoms with van der Waals surface area (Å²) >= 11 is 0. The minimum absolute atomic E-state index is 0.100. The van der Waals surface area contributed by atoms with Gasteiger partial charge in [0, 0.05) is 4.57 Å². The van der Waals surface area contributed by atoms with Gasteiger partial charge >= 0.3 is 14.2 Å². The molecule has 5 nitrogen and oxygen atoms in total. The summed E-state index contributed by atoms with van der Waals surface area (Å²) < 4.78 is 19.4. The lowest BCUT2D eigenvalue weighted by atomic mass is 10.1. The van der Waals surface area contributed by atoms with Crippen LogP contribution in [0.3, 0.4) is 0 Å². The lowest BCUT2D eigenvalue weighted by Crippen LogP contribution is -2.05. The molecule has 1 unspecified atom stereocenters. The molecule has 0 aliphatic carbocycles. The molecule has 15 heavy (non-hydrogen) atoms. The number of hydrogen-bond donors (Lipinski definition) is 1. The summed E-state index contributed by atoms with van der Waals surface area (Å²) in [5, 5.41) is 0. The van der Waals surface area contributed by atoms with Gasteiger partial charge in [0.1, 0.15) is 6.61 Å². The minimum Gasteiger partial charge on any atom is -0.465 e. The molecule has 80 valence electrons. The lowest BCUT2D eigenvalue weighted by Gasteiger charge is -2.03. The van der Waals surface area contributed by atoms with Crippen LogP contribution in [0.2, 0.25) is 0 Å². The predicted molar refractivity (Wildman–Crippen MR) is 52.4 cm³/mol. The standard InChI is InChI=1S/C9H9O5P/c1-13-9(10)8-5-3-2-4-7(8)6-14-15(11)12/h2-5H,6H2,1H3/p+1. The molecule has 0 spiro atoms. The fourth-order valence-corrected chi connectivity index (χ4v) is 1.33. The Kier molecular flexibility index (Phi) is 4.37. The summed E-state index contributed by atoms with van der Waals surface area (Å²) in [4.78, 5) is 19.7. The molecule has 0 amide bonds. The third-order valence-electron chi connectivity index (χ3n) is 1.75. The van der Waals surface area contributed by atoms with E-state index in [4.69, 9.17) is 4.89 Å². The summed E-state index contributed by atoms with van der Waals surface area (Å²) in [7, 11) is -1.39. The van der Waals surface area contributed by atoms with Gasteiger partial charge in [-0.2, -0.15) is 0 Å². The number of carbonyl (C=O) groups excluding carboxylic acids is 1. The molecular weight excluding hydrogens is 219 g/mol. The molecule has 0 saturated carbocycles. The summed E-state index contributed by atoms with van der Waals surface area (Å²) in [6.45, 7) is -0.100. The predicted octanol–water partition coefficient (Wildman–Crippen LogP) is 1.64. The molecule has 1 rings (SSSR count). The fraction of sp³-hybridized carbons (Fsp3) is 0.222. The highest BCUT2D eigenvalue weighted by atomic mass is 31.1. The largest absolute Gasteiger partial charge is 0.695 e. The van der Waals surface area contributed by atoms with E-state index in [0.29, 0.717) is 11.1 Å². The van der Waals surface area contributed by atoms with E-state index >= 15 is 0 Å². The molecular formula is C9H10O5P+. The maximum atomic E-state index is 11.3. The first-order chi connectivity index (χ1) is 7.15. The van der Waals surface area contributed by atoms with Crippen molar-refractivity contribution in [2.24, 2.45) is 0 Å². The average Bonchev–Trinajstić information content (AvgIpc) is 2.25. The molecule has 0 radical (unpaired) electrons. The molecule has 1 aromatic rings. The summed E-state index contributed by atoms with van der Waals surface area (Å²) in [5.41, 5.74) is 0.846. The monoisotopic (exact) mass is 229 g/mol. The first-order valence-electron chi connectivity index (χ1n) is 4.10. The van der Waals surface area contributed by atoms with Gasteiger partial charge in [0.15, 0.2) is 0 Å². The Hall–Kier alpha value is -1.29. The van der Waals surface area contributed by atoms with E-state index in [0.717, 1.165) is 0 Å². The zero-order valence-electron chi connectivity index (χ0n) is 8.04.